The standard InChI is InChI=1S/C11H14FN3O4/c1-2-19-4-3-14-11(16)7-5-9(13)8(12)6-10(7)15(17)18/h5-6H,2-4,13H2,1H3,(H,14,16). The van der Waals surface area contributed by atoms with Crippen LogP contribution >= 0.6 is 0 Å². The molecule has 1 aromatic carbocycles. The number of nitrogens with zero attached hydrogens (tertiary/aromatic N) is 1. The number of rotatable bonds is 6. The van der Waals surface area contributed by atoms with Crippen molar-refractivity contribution < 1.29 is 18.8 Å². The number of nitro benzene ring substituents is 1. The van der Waals surface area contributed by atoms with E-state index in [1.165, 1.54) is 0 Å². The van der Waals surface area contributed by atoms with Gasteiger partial charge in [-0.3, -0.25) is 14.9 Å². The number of nitro groups is 1. The third-order valence-corrected chi connectivity index (χ3v) is 2.29. The minimum Gasteiger partial charge on any atom is -0.396 e. The summed E-state index contributed by atoms with van der Waals surface area (Å²) >= 11 is 0. The van der Waals surface area contributed by atoms with Crippen molar-refractivity contribution in [2.45, 2.75) is 6.92 Å². The molecule has 7 nitrogen and oxygen atoms in total. The van der Waals surface area contributed by atoms with Crippen LogP contribution in [0.5, 0.6) is 0 Å². The molecule has 0 radical (unpaired) electrons. The molecule has 0 heterocycles. The van der Waals surface area contributed by atoms with Crippen LogP contribution in [0.2, 0.25) is 0 Å². The van der Waals surface area contributed by atoms with E-state index >= 15 is 0 Å². The van der Waals surface area contributed by atoms with E-state index in [0.29, 0.717) is 12.7 Å². The highest BCUT2D eigenvalue weighted by molar-refractivity contribution is 5.99. The molecule has 8 heteroatoms. The maximum atomic E-state index is 13.2. The van der Waals surface area contributed by atoms with E-state index in [0.717, 1.165) is 6.07 Å². The number of ether oxygens (including phenoxy) is 1. The Labute approximate surface area is 108 Å². The maximum Gasteiger partial charge on any atom is 0.285 e. The summed E-state index contributed by atoms with van der Waals surface area (Å²) in [6.45, 7) is 2.78. The van der Waals surface area contributed by atoms with Crippen molar-refractivity contribution in [1.82, 2.24) is 5.32 Å². The number of hydrogen-bond donors (Lipinski definition) is 2. The van der Waals surface area contributed by atoms with Gasteiger partial charge in [0, 0.05) is 13.2 Å². The molecule has 1 amide bonds. The highest BCUT2D eigenvalue weighted by Gasteiger charge is 2.22. The number of anilines is 1. The van der Waals surface area contributed by atoms with Gasteiger partial charge in [0.1, 0.15) is 5.56 Å². The van der Waals surface area contributed by atoms with E-state index < -0.39 is 22.3 Å². The van der Waals surface area contributed by atoms with Crippen molar-refractivity contribution in [1.29, 1.82) is 0 Å². The molecular weight excluding hydrogens is 257 g/mol. The van der Waals surface area contributed by atoms with Crippen LogP contribution in [0.1, 0.15) is 17.3 Å². The van der Waals surface area contributed by atoms with Crippen LogP contribution in [-0.2, 0) is 4.74 Å². The smallest absolute Gasteiger partial charge is 0.285 e. The molecule has 1 rings (SSSR count). The molecular formula is C11H14FN3O4. The number of nitrogen functional groups attached to an aromatic ring is 1. The molecule has 3 N–H and O–H groups in total. The zero-order valence-electron chi connectivity index (χ0n) is 10.3. The van der Waals surface area contributed by atoms with Gasteiger partial charge in [-0.25, -0.2) is 4.39 Å². The van der Waals surface area contributed by atoms with E-state index in [1.807, 2.05) is 0 Å². The number of carbonyl (C=O) groups is 1. The summed E-state index contributed by atoms with van der Waals surface area (Å²) in [4.78, 5) is 21.7. The van der Waals surface area contributed by atoms with Crippen molar-refractivity contribution >= 4 is 17.3 Å². The number of amides is 1. The average molecular weight is 271 g/mol. The number of hydrogen-bond acceptors (Lipinski definition) is 5. The van der Waals surface area contributed by atoms with E-state index in [-0.39, 0.29) is 24.4 Å². The van der Waals surface area contributed by atoms with Crippen LogP contribution in [-0.4, -0.2) is 30.6 Å². The van der Waals surface area contributed by atoms with Crippen molar-refractivity contribution in [3.05, 3.63) is 33.6 Å². The Balaban J connectivity index is 2.89. The molecule has 0 aliphatic rings. The summed E-state index contributed by atoms with van der Waals surface area (Å²) in [7, 11) is 0. The minimum absolute atomic E-state index is 0.196. The van der Waals surface area contributed by atoms with Gasteiger partial charge in [0.05, 0.1) is 23.3 Å². The topological polar surface area (TPSA) is 107 Å². The quantitative estimate of drug-likeness (QED) is 0.348. The molecule has 104 valence electrons. The van der Waals surface area contributed by atoms with Gasteiger partial charge in [-0.15, -0.1) is 0 Å². The lowest BCUT2D eigenvalue weighted by Crippen LogP contribution is -2.28. The lowest BCUT2D eigenvalue weighted by molar-refractivity contribution is -0.385. The molecule has 0 saturated heterocycles. The first-order valence-electron chi connectivity index (χ1n) is 5.56. The van der Waals surface area contributed by atoms with Gasteiger partial charge in [-0.05, 0) is 13.0 Å². The first-order valence-corrected chi connectivity index (χ1v) is 5.56. The fourth-order valence-electron chi connectivity index (χ4n) is 1.39. The molecule has 0 saturated carbocycles. The monoisotopic (exact) mass is 271 g/mol. The first-order chi connectivity index (χ1) is 8.97. The van der Waals surface area contributed by atoms with Gasteiger partial charge >= 0.3 is 0 Å². The predicted octanol–water partition coefficient (Wildman–Crippen LogP) is 1.08. The predicted molar refractivity (Wildman–Crippen MR) is 66.3 cm³/mol. The Kier molecular flexibility index (Phi) is 5.19. The number of halogens is 1. The van der Waals surface area contributed by atoms with Gasteiger partial charge in [0.2, 0.25) is 0 Å². The number of benzene rings is 1. The minimum atomic E-state index is -0.933. The van der Waals surface area contributed by atoms with Crippen LogP contribution in [0.4, 0.5) is 15.8 Å². The molecule has 0 unspecified atom stereocenters. The average Bonchev–Trinajstić information content (AvgIpc) is 2.36. The normalized spacial score (nSPS) is 10.2. The second-order valence-electron chi connectivity index (χ2n) is 3.60. The van der Waals surface area contributed by atoms with Crippen LogP contribution in [0.25, 0.3) is 0 Å². The molecule has 0 aliphatic heterocycles. The van der Waals surface area contributed by atoms with Crippen LogP contribution < -0.4 is 11.1 Å². The summed E-state index contributed by atoms with van der Waals surface area (Å²) in [5.41, 5.74) is 4.08. The van der Waals surface area contributed by atoms with Crippen LogP contribution in [0.15, 0.2) is 12.1 Å². The lowest BCUT2D eigenvalue weighted by Gasteiger charge is -2.07. The molecule has 0 atom stereocenters. The molecule has 0 fully saturated rings. The van der Waals surface area contributed by atoms with E-state index in [1.54, 1.807) is 6.92 Å². The van der Waals surface area contributed by atoms with Gasteiger partial charge in [0.25, 0.3) is 11.6 Å². The van der Waals surface area contributed by atoms with E-state index in [9.17, 15) is 19.3 Å². The van der Waals surface area contributed by atoms with Gasteiger partial charge in [-0.2, -0.15) is 0 Å². The molecule has 0 bridgehead atoms. The van der Waals surface area contributed by atoms with Crippen LogP contribution in [0, 0.1) is 15.9 Å². The molecule has 19 heavy (non-hydrogen) atoms. The molecule has 0 aliphatic carbocycles. The van der Waals surface area contributed by atoms with Gasteiger partial charge in [-0.1, -0.05) is 0 Å². The Morgan fingerprint density at radius 3 is 2.84 bits per heavy atom. The summed E-state index contributed by atoms with van der Waals surface area (Å²) in [5.74, 6) is -1.63. The maximum absolute atomic E-state index is 13.2. The van der Waals surface area contributed by atoms with Gasteiger partial charge < -0.3 is 15.8 Å². The summed E-state index contributed by atoms with van der Waals surface area (Å²) in [6, 6.07) is 1.58. The van der Waals surface area contributed by atoms with Crippen molar-refractivity contribution in [2.75, 3.05) is 25.5 Å². The Morgan fingerprint density at radius 1 is 1.58 bits per heavy atom. The lowest BCUT2D eigenvalue weighted by atomic mass is 10.1. The third-order valence-electron chi connectivity index (χ3n) is 2.29. The number of carbonyl (C=O) groups excluding carboxylic acids is 1. The second kappa shape index (κ2) is 6.64. The largest absolute Gasteiger partial charge is 0.396 e. The fraction of sp³-hybridized carbons (Fsp3) is 0.364. The molecule has 0 spiro atoms. The second-order valence-corrected chi connectivity index (χ2v) is 3.60. The third kappa shape index (κ3) is 3.88. The Hall–Kier alpha value is -2.22. The highest BCUT2D eigenvalue weighted by Crippen LogP contribution is 2.24. The van der Waals surface area contributed by atoms with Crippen LogP contribution in [0.3, 0.4) is 0 Å². The highest BCUT2D eigenvalue weighted by atomic mass is 19.1. The summed E-state index contributed by atoms with van der Waals surface area (Å²) < 4.78 is 18.2. The van der Waals surface area contributed by atoms with Crippen molar-refractivity contribution in [2.24, 2.45) is 0 Å². The molecule has 1 aromatic rings. The Bertz CT molecular complexity index is 493. The van der Waals surface area contributed by atoms with Crippen molar-refractivity contribution in [3.8, 4) is 0 Å². The van der Waals surface area contributed by atoms with E-state index in [4.69, 9.17) is 10.5 Å². The zero-order valence-corrected chi connectivity index (χ0v) is 10.3. The van der Waals surface area contributed by atoms with E-state index in [2.05, 4.69) is 5.32 Å². The number of nitrogens with one attached hydrogen (secondary N) is 1. The van der Waals surface area contributed by atoms with Crippen molar-refractivity contribution in [3.63, 3.8) is 0 Å². The molecule has 0 aromatic heterocycles. The fourth-order valence-corrected chi connectivity index (χ4v) is 1.39. The first kappa shape index (κ1) is 14.8. The van der Waals surface area contributed by atoms with Gasteiger partial charge in [0.15, 0.2) is 5.82 Å². The SMILES string of the molecule is CCOCCNC(=O)c1cc(N)c(F)cc1[N+](=O)[O-]. The zero-order chi connectivity index (χ0) is 14.4. The Morgan fingerprint density at radius 2 is 2.26 bits per heavy atom. The summed E-state index contributed by atoms with van der Waals surface area (Å²) in [6.07, 6.45) is 0. The summed E-state index contributed by atoms with van der Waals surface area (Å²) in [5, 5.41) is 13.2. The number of nitrogens with two attached hydrogens (primary N) is 1.